The second-order valence-corrected chi connectivity index (χ2v) is 6.33. The van der Waals surface area contributed by atoms with Gasteiger partial charge in [-0.2, -0.15) is 0 Å². The average Bonchev–Trinajstić information content (AvgIpc) is 3.16. The molecule has 0 aliphatic carbocycles. The third-order valence-corrected chi connectivity index (χ3v) is 4.61. The van der Waals surface area contributed by atoms with Crippen molar-refractivity contribution < 1.29 is 9.59 Å². The first-order chi connectivity index (χ1) is 11.1. The normalized spacial score (nSPS) is 15.7. The van der Waals surface area contributed by atoms with Crippen LogP contribution in [0.3, 0.4) is 0 Å². The van der Waals surface area contributed by atoms with Crippen LogP contribution in [-0.2, 0) is 16.0 Å². The molecule has 1 atom stereocenters. The average molecular weight is 330 g/mol. The van der Waals surface area contributed by atoms with Gasteiger partial charge in [-0.05, 0) is 25.5 Å². The summed E-state index contributed by atoms with van der Waals surface area (Å²) < 4.78 is 0. The molecule has 120 valence electrons. The van der Waals surface area contributed by atoms with Gasteiger partial charge in [-0.3, -0.25) is 19.5 Å². The van der Waals surface area contributed by atoms with E-state index < -0.39 is 0 Å². The first-order valence-corrected chi connectivity index (χ1v) is 8.46. The van der Waals surface area contributed by atoms with Crippen molar-refractivity contribution in [2.45, 2.75) is 32.2 Å². The molecule has 3 rings (SSSR count). The molecule has 0 bridgehead atoms. The Morgan fingerprint density at radius 1 is 1.48 bits per heavy atom. The Labute approximate surface area is 138 Å². The van der Waals surface area contributed by atoms with Gasteiger partial charge in [0.15, 0.2) is 5.13 Å². The van der Waals surface area contributed by atoms with Gasteiger partial charge in [0, 0.05) is 24.5 Å². The predicted octanol–water partition coefficient (Wildman–Crippen LogP) is 2.08. The number of aromatic nitrogens is 2. The summed E-state index contributed by atoms with van der Waals surface area (Å²) in [4.78, 5) is 34.2. The van der Waals surface area contributed by atoms with E-state index in [4.69, 9.17) is 0 Å². The smallest absolute Gasteiger partial charge is 0.228 e. The summed E-state index contributed by atoms with van der Waals surface area (Å²) >= 11 is 1.41. The third kappa shape index (κ3) is 3.73. The Kier molecular flexibility index (Phi) is 4.66. The lowest BCUT2D eigenvalue weighted by Crippen LogP contribution is -2.28. The van der Waals surface area contributed by atoms with Crippen LogP contribution in [0.1, 0.15) is 37.2 Å². The molecule has 1 aliphatic heterocycles. The lowest BCUT2D eigenvalue weighted by molar-refractivity contribution is -0.121. The Bertz CT molecular complexity index is 701. The fourth-order valence-electron chi connectivity index (χ4n) is 2.51. The van der Waals surface area contributed by atoms with E-state index in [2.05, 4.69) is 15.3 Å². The van der Waals surface area contributed by atoms with Crippen molar-refractivity contribution in [2.75, 3.05) is 11.4 Å². The Morgan fingerprint density at radius 2 is 2.35 bits per heavy atom. The fourth-order valence-corrected chi connectivity index (χ4v) is 3.38. The summed E-state index contributed by atoms with van der Waals surface area (Å²) in [6, 6.07) is 5.46. The van der Waals surface area contributed by atoms with Crippen LogP contribution < -0.4 is 10.2 Å². The van der Waals surface area contributed by atoms with Gasteiger partial charge in [-0.25, -0.2) is 4.98 Å². The molecular weight excluding hydrogens is 312 g/mol. The number of nitrogens with zero attached hydrogens (tertiary/aromatic N) is 3. The number of hydrogen-bond donors (Lipinski definition) is 1. The molecule has 2 aromatic heterocycles. The molecule has 0 saturated carbocycles. The first-order valence-electron chi connectivity index (χ1n) is 7.58. The van der Waals surface area contributed by atoms with Crippen LogP contribution in [0, 0.1) is 0 Å². The van der Waals surface area contributed by atoms with Crippen LogP contribution >= 0.6 is 11.3 Å². The molecule has 1 aliphatic rings. The Balaban J connectivity index is 1.58. The zero-order valence-corrected chi connectivity index (χ0v) is 13.7. The van der Waals surface area contributed by atoms with E-state index in [0.717, 1.165) is 12.1 Å². The molecule has 0 radical (unpaired) electrons. The SMILES string of the molecule is C[C@@H](NC(=O)Cc1csc(N2CCCC2=O)n1)c1ccccn1. The molecule has 1 N–H and O–H groups in total. The zero-order valence-electron chi connectivity index (χ0n) is 12.9. The molecular formula is C16H18N4O2S. The van der Waals surface area contributed by atoms with E-state index in [1.54, 1.807) is 11.1 Å². The van der Waals surface area contributed by atoms with Crippen molar-refractivity contribution in [2.24, 2.45) is 0 Å². The van der Waals surface area contributed by atoms with E-state index in [0.29, 0.717) is 23.8 Å². The van der Waals surface area contributed by atoms with Gasteiger partial charge >= 0.3 is 0 Å². The second-order valence-electron chi connectivity index (χ2n) is 5.49. The molecule has 1 saturated heterocycles. The van der Waals surface area contributed by atoms with Crippen LogP contribution in [0.25, 0.3) is 0 Å². The zero-order chi connectivity index (χ0) is 16.2. The molecule has 0 aromatic carbocycles. The van der Waals surface area contributed by atoms with Gasteiger partial charge in [-0.15, -0.1) is 11.3 Å². The van der Waals surface area contributed by atoms with Crippen molar-refractivity contribution in [1.82, 2.24) is 15.3 Å². The number of nitrogens with one attached hydrogen (secondary N) is 1. The molecule has 0 unspecified atom stereocenters. The molecule has 3 heterocycles. The van der Waals surface area contributed by atoms with Crippen molar-refractivity contribution in [3.8, 4) is 0 Å². The number of thiazole rings is 1. The van der Waals surface area contributed by atoms with Gasteiger partial charge in [0.25, 0.3) is 0 Å². The quantitative estimate of drug-likeness (QED) is 0.911. The maximum Gasteiger partial charge on any atom is 0.228 e. The highest BCUT2D eigenvalue weighted by atomic mass is 32.1. The molecule has 23 heavy (non-hydrogen) atoms. The topological polar surface area (TPSA) is 75.2 Å². The number of carbonyl (C=O) groups is 2. The summed E-state index contributed by atoms with van der Waals surface area (Å²) in [5.41, 5.74) is 1.51. The van der Waals surface area contributed by atoms with E-state index >= 15 is 0 Å². The molecule has 6 nitrogen and oxygen atoms in total. The van der Waals surface area contributed by atoms with Crippen LogP contribution in [0.2, 0.25) is 0 Å². The van der Waals surface area contributed by atoms with Gasteiger partial charge < -0.3 is 5.32 Å². The number of hydrogen-bond acceptors (Lipinski definition) is 5. The predicted molar refractivity (Wildman–Crippen MR) is 88.2 cm³/mol. The molecule has 1 fully saturated rings. The Morgan fingerprint density at radius 3 is 3.04 bits per heavy atom. The highest BCUT2D eigenvalue weighted by Gasteiger charge is 2.24. The van der Waals surface area contributed by atoms with Crippen LogP contribution in [0.15, 0.2) is 29.8 Å². The van der Waals surface area contributed by atoms with Crippen molar-refractivity contribution >= 4 is 28.3 Å². The number of rotatable bonds is 5. The summed E-state index contributed by atoms with van der Waals surface area (Å²) in [5.74, 6) is 0.00637. The molecule has 7 heteroatoms. The largest absolute Gasteiger partial charge is 0.348 e. The van der Waals surface area contributed by atoms with Crippen molar-refractivity contribution in [3.63, 3.8) is 0 Å². The summed E-state index contributed by atoms with van der Waals surface area (Å²) in [5, 5.41) is 5.44. The molecule has 2 aromatic rings. The lowest BCUT2D eigenvalue weighted by Gasteiger charge is -2.13. The van der Waals surface area contributed by atoms with E-state index in [1.165, 1.54) is 11.3 Å². The molecule has 2 amide bonds. The van der Waals surface area contributed by atoms with Gasteiger partial charge in [0.05, 0.1) is 23.9 Å². The summed E-state index contributed by atoms with van der Waals surface area (Å²) in [6.45, 7) is 2.62. The maximum absolute atomic E-state index is 12.1. The number of amides is 2. The highest BCUT2D eigenvalue weighted by Crippen LogP contribution is 2.25. The maximum atomic E-state index is 12.1. The lowest BCUT2D eigenvalue weighted by atomic mass is 10.2. The second kappa shape index (κ2) is 6.87. The first kappa shape index (κ1) is 15.6. The minimum atomic E-state index is -0.151. The van der Waals surface area contributed by atoms with Gasteiger partial charge in [0.2, 0.25) is 11.8 Å². The van der Waals surface area contributed by atoms with Gasteiger partial charge in [0.1, 0.15) is 0 Å². The third-order valence-electron chi connectivity index (χ3n) is 3.69. The summed E-state index contributed by atoms with van der Waals surface area (Å²) in [7, 11) is 0. The number of pyridine rings is 1. The van der Waals surface area contributed by atoms with Gasteiger partial charge in [-0.1, -0.05) is 6.07 Å². The standard InChI is InChI=1S/C16H18N4O2S/c1-11(13-5-2-3-7-17-13)18-14(21)9-12-10-23-16(19-12)20-8-4-6-15(20)22/h2-3,5,7,10-11H,4,6,8-9H2,1H3,(H,18,21)/t11-/m1/s1. The monoisotopic (exact) mass is 330 g/mol. The minimum Gasteiger partial charge on any atom is -0.348 e. The Hall–Kier alpha value is -2.28. The van der Waals surface area contributed by atoms with Crippen LogP contribution in [-0.4, -0.2) is 28.3 Å². The molecule has 0 spiro atoms. The fraction of sp³-hybridized carbons (Fsp3) is 0.375. The van der Waals surface area contributed by atoms with Crippen molar-refractivity contribution in [3.05, 3.63) is 41.2 Å². The van der Waals surface area contributed by atoms with E-state index in [-0.39, 0.29) is 24.3 Å². The van der Waals surface area contributed by atoms with Crippen LogP contribution in [0.5, 0.6) is 0 Å². The van der Waals surface area contributed by atoms with Crippen molar-refractivity contribution in [1.29, 1.82) is 0 Å². The van der Waals surface area contributed by atoms with E-state index in [1.807, 2.05) is 30.5 Å². The van der Waals surface area contributed by atoms with E-state index in [9.17, 15) is 9.59 Å². The highest BCUT2D eigenvalue weighted by molar-refractivity contribution is 7.14. The van der Waals surface area contributed by atoms with Crippen LogP contribution in [0.4, 0.5) is 5.13 Å². The number of carbonyl (C=O) groups excluding carboxylic acids is 2. The number of anilines is 1. The minimum absolute atomic E-state index is 0.104. The summed E-state index contributed by atoms with van der Waals surface area (Å²) in [6.07, 6.45) is 3.36.